The number of hydrogen-bond acceptors (Lipinski definition) is 10. The number of carbonyl (C=O) groups is 2. The van der Waals surface area contributed by atoms with E-state index in [1.807, 2.05) is 0 Å². The Morgan fingerprint density at radius 3 is 1.86 bits per heavy atom. The molecule has 0 spiro atoms. The first-order valence-corrected chi connectivity index (χ1v) is 21.3. The Hall–Kier alpha value is -3.64. The molecule has 0 unspecified atom stereocenters. The molecule has 2 aliphatic heterocycles. The van der Waals surface area contributed by atoms with Crippen LogP contribution in [0.5, 0.6) is 0 Å². The Morgan fingerprint density at radius 2 is 1.34 bits per heavy atom. The molecule has 2 fully saturated rings. The van der Waals surface area contributed by atoms with Crippen LogP contribution in [0.2, 0.25) is 22.2 Å². The smallest absolute Gasteiger partial charge is 0.335 e. The average Bonchev–Trinajstić information content (AvgIpc) is 3.65. The molecule has 2 aromatic heterocycles. The number of ether oxygens (including phenoxy) is 1. The summed E-state index contributed by atoms with van der Waals surface area (Å²) in [5.41, 5.74) is 1.53. The molecular formula is C36H47N5O7Si2. The number of aliphatic hydroxyl groups is 1. The predicted molar refractivity (Wildman–Crippen MR) is 193 cm³/mol. The van der Waals surface area contributed by atoms with E-state index < -0.39 is 53.5 Å². The van der Waals surface area contributed by atoms with Gasteiger partial charge in [0.2, 0.25) is 0 Å². The Kier molecular flexibility index (Phi) is 10.3. The summed E-state index contributed by atoms with van der Waals surface area (Å²) in [6.07, 6.45) is -0.657. The molecule has 1 N–H and O–H groups in total. The van der Waals surface area contributed by atoms with Crippen LogP contribution in [0.3, 0.4) is 0 Å². The fraction of sp³-hybridized carbons (Fsp3) is 0.472. The molecule has 4 heterocycles. The summed E-state index contributed by atoms with van der Waals surface area (Å²) in [5, 5.41) is 12.0. The molecular weight excluding hydrogens is 671 g/mol. The lowest BCUT2D eigenvalue weighted by Gasteiger charge is -2.51. The van der Waals surface area contributed by atoms with Gasteiger partial charge in [-0.15, -0.1) is 0 Å². The molecule has 4 aromatic rings. The number of benzene rings is 2. The molecule has 14 heteroatoms. The first kappa shape index (κ1) is 36.2. The van der Waals surface area contributed by atoms with Crippen molar-refractivity contribution in [3.63, 3.8) is 0 Å². The molecule has 6 rings (SSSR count). The average molecular weight is 718 g/mol. The molecule has 266 valence electrons. The standard InChI is InChI=1S/C36H47N5O7Si2/c1-22(2)49(23(3)4)45-19-28-31(47-50(48-49,24(5)6)25(7)8)30(42)36(46-28)40-21-39-29-32(40)37-20-38-33(29)41(34(43)26-15-11-9-12-16-26)35(44)27-17-13-10-14-18-27/h9-18,20-25,28,30-31,36,42H,19H2,1-8H3/t28-,30-,31-,36-/m1/s1. The molecule has 2 amide bonds. The normalized spacial score (nSPS) is 23.3. The van der Waals surface area contributed by atoms with E-state index >= 15 is 0 Å². The van der Waals surface area contributed by atoms with E-state index in [9.17, 15) is 14.7 Å². The Bertz CT molecular complexity index is 1750. The third-order valence-electron chi connectivity index (χ3n) is 9.91. The number of nitrogens with zero attached hydrogens (tertiary/aromatic N) is 5. The molecule has 4 atom stereocenters. The third kappa shape index (κ3) is 6.16. The second kappa shape index (κ2) is 14.2. The van der Waals surface area contributed by atoms with Gasteiger partial charge in [-0.05, 0) is 46.4 Å². The maximum absolute atomic E-state index is 14.0. The summed E-state index contributed by atoms with van der Waals surface area (Å²) in [6, 6.07) is 17.1. The van der Waals surface area contributed by atoms with Gasteiger partial charge in [0.1, 0.15) is 24.6 Å². The summed E-state index contributed by atoms with van der Waals surface area (Å²) in [6.45, 7) is 17.3. The second-order valence-corrected chi connectivity index (χ2v) is 23.2. The van der Waals surface area contributed by atoms with E-state index in [0.29, 0.717) is 11.1 Å². The highest BCUT2D eigenvalue weighted by atomic mass is 28.5. The van der Waals surface area contributed by atoms with Gasteiger partial charge in [-0.3, -0.25) is 14.2 Å². The number of aliphatic hydroxyl groups excluding tert-OH is 1. The highest BCUT2D eigenvalue weighted by Crippen LogP contribution is 2.48. The fourth-order valence-corrected chi connectivity index (χ4v) is 18.5. The van der Waals surface area contributed by atoms with Gasteiger partial charge in [0.15, 0.2) is 23.2 Å². The van der Waals surface area contributed by atoms with E-state index in [1.54, 1.807) is 65.2 Å². The zero-order valence-electron chi connectivity index (χ0n) is 29.9. The van der Waals surface area contributed by atoms with Gasteiger partial charge in [0, 0.05) is 11.1 Å². The van der Waals surface area contributed by atoms with Crippen LogP contribution in [0.25, 0.3) is 11.2 Å². The lowest BCUT2D eigenvalue weighted by atomic mass is 10.1. The first-order valence-electron chi connectivity index (χ1n) is 17.3. The van der Waals surface area contributed by atoms with Crippen molar-refractivity contribution in [2.24, 2.45) is 0 Å². The number of imide groups is 1. The molecule has 0 saturated carbocycles. The van der Waals surface area contributed by atoms with E-state index in [1.165, 1.54) is 12.7 Å². The van der Waals surface area contributed by atoms with Crippen LogP contribution in [0.1, 0.15) is 82.3 Å². The summed E-state index contributed by atoms with van der Waals surface area (Å²) in [5.74, 6) is -1.12. The predicted octanol–water partition coefficient (Wildman–Crippen LogP) is 6.53. The van der Waals surface area contributed by atoms with Gasteiger partial charge < -0.3 is 22.8 Å². The quantitative estimate of drug-likeness (QED) is 0.158. The van der Waals surface area contributed by atoms with Crippen molar-refractivity contribution in [3.05, 3.63) is 84.4 Å². The Morgan fingerprint density at radius 1 is 0.800 bits per heavy atom. The summed E-state index contributed by atoms with van der Waals surface area (Å²) in [7, 11) is -5.85. The van der Waals surface area contributed by atoms with E-state index in [4.69, 9.17) is 17.7 Å². The van der Waals surface area contributed by atoms with E-state index in [0.717, 1.165) is 4.90 Å². The van der Waals surface area contributed by atoms with Crippen molar-refractivity contribution in [3.8, 4) is 0 Å². The zero-order valence-corrected chi connectivity index (χ0v) is 31.9. The Labute approximate surface area is 295 Å². The van der Waals surface area contributed by atoms with Crippen LogP contribution in [-0.4, -0.2) is 78.5 Å². The van der Waals surface area contributed by atoms with E-state index in [-0.39, 0.29) is 45.8 Å². The van der Waals surface area contributed by atoms with Crippen LogP contribution in [0.4, 0.5) is 5.82 Å². The van der Waals surface area contributed by atoms with Gasteiger partial charge in [0.05, 0.1) is 12.9 Å². The number of fused-ring (bicyclic) bond motifs is 2. The minimum absolute atomic E-state index is 0.0126. The van der Waals surface area contributed by atoms with Crippen molar-refractivity contribution in [2.75, 3.05) is 11.5 Å². The molecule has 0 aliphatic carbocycles. The third-order valence-corrected chi connectivity index (χ3v) is 20.2. The van der Waals surface area contributed by atoms with Crippen molar-refractivity contribution < 1.29 is 32.4 Å². The number of imidazole rings is 1. The van der Waals surface area contributed by atoms with Crippen molar-refractivity contribution in [1.29, 1.82) is 0 Å². The summed E-state index contributed by atoms with van der Waals surface area (Å²) in [4.78, 5) is 42.5. The highest BCUT2D eigenvalue weighted by Gasteiger charge is 2.61. The number of hydrogen-bond donors (Lipinski definition) is 1. The van der Waals surface area contributed by atoms with Crippen LogP contribution in [-0.2, 0) is 17.7 Å². The van der Waals surface area contributed by atoms with Gasteiger partial charge in [-0.1, -0.05) is 91.8 Å². The molecule has 0 bridgehead atoms. The topological polar surface area (TPSA) is 138 Å². The highest BCUT2D eigenvalue weighted by molar-refractivity contribution is 6.84. The lowest BCUT2D eigenvalue weighted by Crippen LogP contribution is -2.65. The van der Waals surface area contributed by atoms with Gasteiger partial charge in [-0.2, -0.15) is 0 Å². The van der Waals surface area contributed by atoms with Crippen LogP contribution in [0.15, 0.2) is 73.3 Å². The molecule has 2 saturated heterocycles. The maximum atomic E-state index is 14.0. The maximum Gasteiger partial charge on any atom is 0.335 e. The second-order valence-electron chi connectivity index (χ2n) is 14.3. The molecule has 12 nitrogen and oxygen atoms in total. The van der Waals surface area contributed by atoms with Crippen LogP contribution < -0.4 is 4.90 Å². The van der Waals surface area contributed by atoms with Gasteiger partial charge in [-0.25, -0.2) is 19.9 Å². The number of amides is 2. The van der Waals surface area contributed by atoms with Crippen molar-refractivity contribution >= 4 is 45.9 Å². The number of aromatic nitrogens is 4. The molecule has 0 radical (unpaired) electrons. The first-order chi connectivity index (χ1) is 23.8. The largest absolute Gasteiger partial charge is 0.414 e. The van der Waals surface area contributed by atoms with Gasteiger partial charge in [0.25, 0.3) is 11.8 Å². The summed E-state index contributed by atoms with van der Waals surface area (Å²) >= 11 is 0. The minimum atomic E-state index is -3.03. The SMILES string of the molecule is CC(C)[Si]1(C(C)C)OC[C@H]2O[C@@H](n3cnc4c(N(C(=O)c5ccccc5)C(=O)c5ccccc5)ncnc43)[C@H](O)[C@@H]2O[Si](C(C)C)(C(C)C)O1. The van der Waals surface area contributed by atoms with Gasteiger partial charge >= 0.3 is 17.1 Å². The van der Waals surface area contributed by atoms with Crippen molar-refractivity contribution in [1.82, 2.24) is 19.5 Å². The number of rotatable bonds is 8. The summed E-state index contributed by atoms with van der Waals surface area (Å²) < 4.78 is 29.4. The monoisotopic (exact) mass is 717 g/mol. The molecule has 2 aliphatic rings. The number of carbonyl (C=O) groups excluding carboxylic acids is 2. The fourth-order valence-electron chi connectivity index (χ4n) is 7.26. The molecule has 2 aromatic carbocycles. The Balaban J connectivity index is 1.41. The van der Waals surface area contributed by atoms with Crippen LogP contribution in [0, 0.1) is 0 Å². The van der Waals surface area contributed by atoms with E-state index in [2.05, 4.69) is 70.3 Å². The molecule has 50 heavy (non-hydrogen) atoms. The van der Waals surface area contributed by atoms with Crippen molar-refractivity contribution in [2.45, 2.75) is 102 Å². The lowest BCUT2D eigenvalue weighted by molar-refractivity contribution is -0.0570. The van der Waals surface area contributed by atoms with Crippen LogP contribution >= 0.6 is 0 Å². The zero-order chi connectivity index (χ0) is 36.0. The number of anilines is 1. The minimum Gasteiger partial charge on any atom is -0.414 e.